The zero-order valence-corrected chi connectivity index (χ0v) is 22.2. The van der Waals surface area contributed by atoms with Gasteiger partial charge in [-0.3, -0.25) is 4.79 Å². The van der Waals surface area contributed by atoms with Gasteiger partial charge in [0.15, 0.2) is 0 Å². The second-order valence-electron chi connectivity index (χ2n) is 10.7. The summed E-state index contributed by atoms with van der Waals surface area (Å²) in [5.74, 6) is 1.95. The van der Waals surface area contributed by atoms with E-state index in [0.29, 0.717) is 39.0 Å². The molecule has 0 radical (unpaired) electrons. The summed E-state index contributed by atoms with van der Waals surface area (Å²) in [7, 11) is 0. The Labute approximate surface area is 228 Å². The van der Waals surface area contributed by atoms with Gasteiger partial charge in [-0.15, -0.1) is 0 Å². The molecule has 1 saturated heterocycles. The Hall–Kier alpha value is -4.37. The third kappa shape index (κ3) is 5.05. The second-order valence-corrected chi connectivity index (χ2v) is 10.7. The fraction of sp³-hybridized carbons (Fsp3) is 0.303. The number of rotatable bonds is 4. The van der Waals surface area contributed by atoms with Crippen LogP contribution in [0.15, 0.2) is 78.4 Å². The number of nitrogens with zero attached hydrogens (tertiary/aromatic N) is 3. The number of imidazole rings is 1. The van der Waals surface area contributed by atoms with Gasteiger partial charge in [-0.25, -0.2) is 4.98 Å². The van der Waals surface area contributed by atoms with E-state index in [1.165, 1.54) is 0 Å². The van der Waals surface area contributed by atoms with Crippen LogP contribution in [-0.2, 0) is 16.6 Å². The molecule has 1 N–H and O–H groups in total. The van der Waals surface area contributed by atoms with E-state index >= 15 is 0 Å². The van der Waals surface area contributed by atoms with E-state index in [2.05, 4.69) is 52.4 Å². The van der Waals surface area contributed by atoms with Gasteiger partial charge in [0.05, 0.1) is 29.1 Å². The first-order valence-corrected chi connectivity index (χ1v) is 13.7. The van der Waals surface area contributed by atoms with Crippen molar-refractivity contribution in [3.63, 3.8) is 0 Å². The highest BCUT2D eigenvalue weighted by Crippen LogP contribution is 2.36. The van der Waals surface area contributed by atoms with Crippen LogP contribution in [0.25, 0.3) is 22.2 Å². The van der Waals surface area contributed by atoms with Crippen molar-refractivity contribution in [2.24, 2.45) is 0 Å². The highest BCUT2D eigenvalue weighted by molar-refractivity contribution is 5.82. The first-order valence-electron chi connectivity index (χ1n) is 13.7. The van der Waals surface area contributed by atoms with Crippen LogP contribution in [0.2, 0.25) is 0 Å². The molecule has 3 heterocycles. The van der Waals surface area contributed by atoms with Crippen molar-refractivity contribution < 1.29 is 9.53 Å². The van der Waals surface area contributed by atoms with Crippen LogP contribution in [0.4, 0.5) is 0 Å². The summed E-state index contributed by atoms with van der Waals surface area (Å²) in [6.45, 7) is 3.73. The van der Waals surface area contributed by atoms with E-state index in [0.717, 1.165) is 63.3 Å². The molecule has 196 valence electrons. The third-order valence-corrected chi connectivity index (χ3v) is 8.17. The number of piperidine rings is 1. The number of amides is 1. The van der Waals surface area contributed by atoms with Gasteiger partial charge in [0.25, 0.3) is 0 Å². The van der Waals surface area contributed by atoms with E-state index in [1.54, 1.807) is 0 Å². The Morgan fingerprint density at radius 2 is 1.85 bits per heavy atom. The molecule has 3 aromatic carbocycles. The first kappa shape index (κ1) is 24.9. The van der Waals surface area contributed by atoms with E-state index < -0.39 is 5.41 Å². The molecule has 0 unspecified atom stereocenters. The standard InChI is InChI=1S/C33H32N4O2/c1-23-35-29-11-9-26(21-30(29)36-23)25-10-12-31-27(20-25)8-7-24(13-18-39-31)19-32(38)37-16-14-33(22-34,15-17-37)28-5-3-2-4-6-28/h2-7,9-12,20-21H,8,13-19H2,1H3,(H,35,36)/b24-7+. The number of likely N-dealkylation sites (tertiary alicyclic amines) is 1. The van der Waals surface area contributed by atoms with Crippen molar-refractivity contribution >= 4 is 16.9 Å². The molecule has 0 saturated carbocycles. The van der Waals surface area contributed by atoms with Crippen LogP contribution in [0.5, 0.6) is 5.75 Å². The molecule has 2 aliphatic heterocycles. The average Bonchev–Trinajstić information content (AvgIpc) is 3.34. The molecule has 0 bridgehead atoms. The lowest BCUT2D eigenvalue weighted by Gasteiger charge is -2.37. The molecular weight excluding hydrogens is 484 g/mol. The molecule has 0 spiro atoms. The number of allylic oxidation sites excluding steroid dienone is 1. The lowest BCUT2D eigenvalue weighted by molar-refractivity contribution is -0.131. The van der Waals surface area contributed by atoms with Gasteiger partial charge in [0.2, 0.25) is 5.91 Å². The minimum atomic E-state index is -0.506. The maximum atomic E-state index is 13.2. The van der Waals surface area contributed by atoms with Gasteiger partial charge in [-0.2, -0.15) is 5.26 Å². The number of benzene rings is 3. The summed E-state index contributed by atoms with van der Waals surface area (Å²) in [4.78, 5) is 23.0. The summed E-state index contributed by atoms with van der Waals surface area (Å²) in [5, 5.41) is 9.98. The minimum Gasteiger partial charge on any atom is -0.493 e. The van der Waals surface area contributed by atoms with Crippen molar-refractivity contribution in [1.82, 2.24) is 14.9 Å². The molecule has 0 atom stereocenters. The summed E-state index contributed by atoms with van der Waals surface area (Å²) in [6, 6.07) is 25.2. The molecule has 6 nitrogen and oxygen atoms in total. The molecule has 6 rings (SSSR count). The first-order chi connectivity index (χ1) is 19.0. The molecule has 39 heavy (non-hydrogen) atoms. The molecule has 4 aromatic rings. The summed E-state index contributed by atoms with van der Waals surface area (Å²) >= 11 is 0. The number of carbonyl (C=O) groups is 1. The van der Waals surface area contributed by atoms with E-state index in [4.69, 9.17) is 4.74 Å². The number of nitriles is 1. The van der Waals surface area contributed by atoms with Crippen molar-refractivity contribution in [2.45, 2.75) is 44.4 Å². The number of hydrogen-bond donors (Lipinski definition) is 1. The van der Waals surface area contributed by atoms with E-state index in [-0.39, 0.29) is 5.91 Å². The number of aromatic nitrogens is 2. The quantitative estimate of drug-likeness (QED) is 0.325. The van der Waals surface area contributed by atoms with Crippen LogP contribution in [-0.4, -0.2) is 40.5 Å². The zero-order valence-electron chi connectivity index (χ0n) is 22.2. The Bertz CT molecular complexity index is 1590. The molecule has 0 aliphatic carbocycles. The lowest BCUT2D eigenvalue weighted by Crippen LogP contribution is -2.44. The SMILES string of the molecule is Cc1nc2ccc(-c3ccc4c(c3)C/C=C(/CC(=O)N3CCC(C#N)(c5ccccc5)CC3)CCO4)cc2[nH]1. The normalized spacial score (nSPS) is 18.2. The predicted octanol–water partition coefficient (Wildman–Crippen LogP) is 6.26. The summed E-state index contributed by atoms with van der Waals surface area (Å²) in [5.41, 5.74) is 7.04. The Morgan fingerprint density at radius 3 is 2.64 bits per heavy atom. The Balaban J connectivity index is 1.14. The van der Waals surface area contributed by atoms with Crippen molar-refractivity contribution in [2.75, 3.05) is 19.7 Å². The summed E-state index contributed by atoms with van der Waals surface area (Å²) in [6.07, 6.45) is 5.41. The average molecular weight is 517 g/mol. The maximum Gasteiger partial charge on any atom is 0.226 e. The fourth-order valence-electron chi connectivity index (χ4n) is 5.85. The number of hydrogen-bond acceptors (Lipinski definition) is 4. The van der Waals surface area contributed by atoms with Crippen molar-refractivity contribution in [3.8, 4) is 22.9 Å². The zero-order chi connectivity index (χ0) is 26.8. The number of ether oxygens (including phenoxy) is 1. The second kappa shape index (κ2) is 10.4. The Morgan fingerprint density at radius 1 is 1.08 bits per heavy atom. The van der Waals surface area contributed by atoms with E-state index in [1.807, 2.05) is 48.2 Å². The number of H-pyrrole nitrogens is 1. The number of aromatic amines is 1. The molecule has 1 aromatic heterocycles. The minimum absolute atomic E-state index is 0.138. The fourth-order valence-corrected chi connectivity index (χ4v) is 5.85. The highest BCUT2D eigenvalue weighted by Gasteiger charge is 2.37. The molecule has 1 amide bonds. The maximum absolute atomic E-state index is 13.2. The number of fused-ring (bicyclic) bond motifs is 2. The number of nitrogens with one attached hydrogen (secondary N) is 1. The third-order valence-electron chi connectivity index (χ3n) is 8.17. The van der Waals surface area contributed by atoms with Gasteiger partial charge >= 0.3 is 0 Å². The molecule has 1 fully saturated rings. The van der Waals surface area contributed by atoms with Crippen molar-refractivity contribution in [3.05, 3.63) is 95.3 Å². The molecule has 2 aliphatic rings. The highest BCUT2D eigenvalue weighted by atomic mass is 16.5. The van der Waals surface area contributed by atoms with Crippen LogP contribution in [0, 0.1) is 18.3 Å². The van der Waals surface area contributed by atoms with Gasteiger partial charge in [0.1, 0.15) is 11.6 Å². The largest absolute Gasteiger partial charge is 0.493 e. The van der Waals surface area contributed by atoms with Crippen LogP contribution >= 0.6 is 0 Å². The monoisotopic (exact) mass is 516 g/mol. The van der Waals surface area contributed by atoms with Crippen LogP contribution in [0.3, 0.4) is 0 Å². The predicted molar refractivity (Wildman–Crippen MR) is 152 cm³/mol. The number of carbonyl (C=O) groups excluding carboxylic acids is 1. The Kier molecular flexibility index (Phi) is 6.66. The van der Waals surface area contributed by atoms with Gasteiger partial charge in [0, 0.05) is 25.9 Å². The summed E-state index contributed by atoms with van der Waals surface area (Å²) < 4.78 is 6.12. The van der Waals surface area contributed by atoms with Gasteiger partial charge < -0.3 is 14.6 Å². The van der Waals surface area contributed by atoms with Crippen LogP contribution in [0.1, 0.15) is 42.6 Å². The lowest BCUT2D eigenvalue weighted by atomic mass is 9.74. The van der Waals surface area contributed by atoms with Gasteiger partial charge in [-0.05, 0) is 72.7 Å². The van der Waals surface area contributed by atoms with E-state index in [9.17, 15) is 10.1 Å². The topological polar surface area (TPSA) is 82.0 Å². The van der Waals surface area contributed by atoms with Crippen LogP contribution < -0.4 is 4.74 Å². The van der Waals surface area contributed by atoms with Crippen molar-refractivity contribution in [1.29, 1.82) is 5.26 Å². The molecule has 6 heteroatoms. The molecular formula is C33H32N4O2. The smallest absolute Gasteiger partial charge is 0.226 e. The van der Waals surface area contributed by atoms with Gasteiger partial charge in [-0.1, -0.05) is 54.1 Å². The number of aryl methyl sites for hydroxylation is 1.